The second-order valence-electron chi connectivity index (χ2n) is 6.77. The van der Waals surface area contributed by atoms with Gasteiger partial charge in [-0.05, 0) is 49.4 Å². The van der Waals surface area contributed by atoms with Gasteiger partial charge in [0.05, 0.1) is 17.6 Å². The van der Waals surface area contributed by atoms with Gasteiger partial charge in [-0.25, -0.2) is 24.1 Å². The predicted molar refractivity (Wildman–Crippen MR) is 115 cm³/mol. The zero-order chi connectivity index (χ0) is 21.4. The van der Waals surface area contributed by atoms with Crippen LogP contribution < -0.4 is 5.32 Å². The number of carbonyl (C=O) groups excluding carboxylic acids is 1. The zero-order valence-electron chi connectivity index (χ0n) is 16.3. The molecule has 152 valence electrons. The molecule has 0 aliphatic heterocycles. The van der Waals surface area contributed by atoms with Crippen LogP contribution in [0.25, 0.3) is 22.7 Å². The molecule has 0 aliphatic rings. The molecule has 1 N–H and O–H groups in total. The molecule has 0 fully saturated rings. The molecule has 0 unspecified atom stereocenters. The van der Waals surface area contributed by atoms with E-state index in [-0.39, 0.29) is 11.6 Å². The number of nitrogens with zero attached hydrogens (tertiary/aromatic N) is 7. The predicted octanol–water partition coefficient (Wildman–Crippen LogP) is 3.59. The van der Waals surface area contributed by atoms with Crippen molar-refractivity contribution < 1.29 is 4.79 Å². The Morgan fingerprint density at radius 2 is 2.00 bits per heavy atom. The van der Waals surface area contributed by atoms with Crippen LogP contribution in [0.3, 0.4) is 0 Å². The van der Waals surface area contributed by atoms with Gasteiger partial charge in [-0.15, -0.1) is 0 Å². The highest BCUT2D eigenvalue weighted by Gasteiger charge is 2.18. The van der Waals surface area contributed by atoms with E-state index in [2.05, 4.69) is 30.5 Å². The summed E-state index contributed by atoms with van der Waals surface area (Å²) in [4.78, 5) is 25.6. The van der Waals surface area contributed by atoms with E-state index in [0.29, 0.717) is 22.4 Å². The number of pyridine rings is 3. The van der Waals surface area contributed by atoms with Gasteiger partial charge in [-0.1, -0.05) is 17.7 Å². The number of anilines is 1. The Hall–Kier alpha value is -4.11. The number of aromatic nitrogens is 7. The number of halogens is 1. The average Bonchev–Trinajstić information content (AvgIpc) is 3.42. The Morgan fingerprint density at radius 1 is 1.10 bits per heavy atom. The summed E-state index contributed by atoms with van der Waals surface area (Å²) >= 11 is 5.81. The van der Waals surface area contributed by atoms with Crippen LogP contribution >= 0.6 is 11.6 Å². The summed E-state index contributed by atoms with van der Waals surface area (Å²) < 4.78 is 3.30. The van der Waals surface area contributed by atoms with Crippen molar-refractivity contribution >= 4 is 28.8 Å². The quantitative estimate of drug-likeness (QED) is 0.437. The van der Waals surface area contributed by atoms with Gasteiger partial charge in [0.2, 0.25) is 0 Å². The first kappa shape index (κ1) is 18.9. The van der Waals surface area contributed by atoms with E-state index in [4.69, 9.17) is 11.6 Å². The van der Waals surface area contributed by atoms with Crippen molar-refractivity contribution in [2.75, 3.05) is 5.32 Å². The van der Waals surface area contributed by atoms with Crippen molar-refractivity contribution in [2.24, 2.45) is 0 Å². The molecule has 9 nitrogen and oxygen atoms in total. The van der Waals surface area contributed by atoms with Gasteiger partial charge in [0, 0.05) is 17.5 Å². The second-order valence-corrected chi connectivity index (χ2v) is 7.16. The summed E-state index contributed by atoms with van der Waals surface area (Å²) in [7, 11) is 0. The van der Waals surface area contributed by atoms with E-state index in [1.54, 1.807) is 27.4 Å². The SMILES string of the molecule is Cc1cccc(-n2nc(C(=O)Nc3ccc(Cl)nc3)cc2-c2ccc3ncnn3c2)n1. The first-order chi connectivity index (χ1) is 15.1. The number of hydrogen-bond donors (Lipinski definition) is 1. The number of fused-ring (bicyclic) bond motifs is 1. The van der Waals surface area contributed by atoms with Gasteiger partial charge in [0.15, 0.2) is 17.2 Å². The Bertz CT molecular complexity index is 1410. The minimum atomic E-state index is -0.376. The summed E-state index contributed by atoms with van der Waals surface area (Å²) in [6.45, 7) is 1.90. The molecule has 5 aromatic rings. The van der Waals surface area contributed by atoms with Gasteiger partial charge in [0.25, 0.3) is 5.91 Å². The fourth-order valence-electron chi connectivity index (χ4n) is 3.13. The highest BCUT2D eigenvalue weighted by Crippen LogP contribution is 2.24. The van der Waals surface area contributed by atoms with Gasteiger partial charge in [0.1, 0.15) is 11.5 Å². The van der Waals surface area contributed by atoms with Crippen LogP contribution in [0.4, 0.5) is 5.69 Å². The Kier molecular flexibility index (Phi) is 4.64. The fraction of sp³-hybridized carbons (Fsp3) is 0.0476. The van der Waals surface area contributed by atoms with E-state index in [1.165, 1.54) is 12.5 Å². The number of nitrogens with one attached hydrogen (secondary N) is 1. The number of aryl methyl sites for hydroxylation is 1. The lowest BCUT2D eigenvalue weighted by Crippen LogP contribution is -2.13. The lowest BCUT2D eigenvalue weighted by atomic mass is 10.2. The fourth-order valence-corrected chi connectivity index (χ4v) is 3.24. The average molecular weight is 431 g/mol. The van der Waals surface area contributed by atoms with Crippen LogP contribution in [0, 0.1) is 6.92 Å². The Balaban J connectivity index is 1.59. The largest absolute Gasteiger partial charge is 0.319 e. The molecule has 1 amide bonds. The van der Waals surface area contributed by atoms with Crippen LogP contribution in [0.2, 0.25) is 5.15 Å². The molecule has 0 saturated carbocycles. The normalized spacial score (nSPS) is 11.0. The molecule has 5 heterocycles. The lowest BCUT2D eigenvalue weighted by molar-refractivity contribution is 0.102. The van der Waals surface area contributed by atoms with Crippen molar-refractivity contribution in [1.82, 2.24) is 34.3 Å². The van der Waals surface area contributed by atoms with Crippen molar-refractivity contribution in [1.29, 1.82) is 0 Å². The third-order valence-electron chi connectivity index (χ3n) is 4.59. The molecule has 10 heteroatoms. The van der Waals surface area contributed by atoms with Crippen LogP contribution in [0.5, 0.6) is 0 Å². The van der Waals surface area contributed by atoms with E-state index in [0.717, 1.165) is 16.9 Å². The maximum Gasteiger partial charge on any atom is 0.276 e. The molecular formula is C21H15ClN8O. The highest BCUT2D eigenvalue weighted by atomic mass is 35.5. The van der Waals surface area contributed by atoms with E-state index in [1.807, 2.05) is 43.5 Å². The number of amides is 1. The maximum atomic E-state index is 12.9. The van der Waals surface area contributed by atoms with Crippen LogP contribution in [-0.4, -0.2) is 40.3 Å². The molecule has 5 rings (SSSR count). The third kappa shape index (κ3) is 3.74. The Morgan fingerprint density at radius 3 is 2.81 bits per heavy atom. The summed E-state index contributed by atoms with van der Waals surface area (Å²) in [5.74, 6) is 0.222. The molecule has 0 saturated heterocycles. The second kappa shape index (κ2) is 7.62. The molecule has 0 bridgehead atoms. The standard InChI is InChI=1S/C21H15ClN8O/c1-13-3-2-4-20(26-13)30-17(14-5-8-19-24-12-25-29(19)11-14)9-16(28-30)21(31)27-15-6-7-18(22)23-10-15/h2-12H,1H3,(H,27,31). The number of carbonyl (C=O) groups is 1. The molecule has 5 aromatic heterocycles. The van der Waals surface area contributed by atoms with Crippen molar-refractivity contribution in [2.45, 2.75) is 6.92 Å². The number of hydrogen-bond acceptors (Lipinski definition) is 6. The van der Waals surface area contributed by atoms with E-state index in [9.17, 15) is 4.79 Å². The number of rotatable bonds is 4. The molecule has 0 aliphatic carbocycles. The van der Waals surface area contributed by atoms with Gasteiger partial charge < -0.3 is 5.32 Å². The smallest absolute Gasteiger partial charge is 0.276 e. The Labute approximate surface area is 181 Å². The van der Waals surface area contributed by atoms with Crippen LogP contribution in [0.15, 0.2) is 67.3 Å². The van der Waals surface area contributed by atoms with Crippen LogP contribution in [0.1, 0.15) is 16.2 Å². The minimum Gasteiger partial charge on any atom is -0.319 e. The van der Waals surface area contributed by atoms with Gasteiger partial charge in [-0.2, -0.15) is 10.2 Å². The maximum absolute atomic E-state index is 12.9. The zero-order valence-corrected chi connectivity index (χ0v) is 17.0. The molecule has 31 heavy (non-hydrogen) atoms. The van der Waals surface area contributed by atoms with Gasteiger partial charge >= 0.3 is 0 Å². The molecule has 0 spiro atoms. The highest BCUT2D eigenvalue weighted by molar-refractivity contribution is 6.29. The van der Waals surface area contributed by atoms with E-state index < -0.39 is 0 Å². The topological polar surface area (TPSA) is 103 Å². The van der Waals surface area contributed by atoms with E-state index >= 15 is 0 Å². The molecular weight excluding hydrogens is 416 g/mol. The minimum absolute atomic E-state index is 0.229. The third-order valence-corrected chi connectivity index (χ3v) is 4.81. The van der Waals surface area contributed by atoms with Crippen molar-refractivity contribution in [3.8, 4) is 17.1 Å². The lowest BCUT2D eigenvalue weighted by Gasteiger charge is -2.07. The van der Waals surface area contributed by atoms with Crippen molar-refractivity contribution in [3.05, 3.63) is 83.8 Å². The van der Waals surface area contributed by atoms with Crippen molar-refractivity contribution in [3.63, 3.8) is 0 Å². The first-order valence-corrected chi connectivity index (χ1v) is 9.71. The summed E-state index contributed by atoms with van der Waals surface area (Å²) in [6, 6.07) is 14.4. The summed E-state index contributed by atoms with van der Waals surface area (Å²) in [5.41, 5.74) is 3.80. The molecule has 0 radical (unpaired) electrons. The summed E-state index contributed by atoms with van der Waals surface area (Å²) in [6.07, 6.45) is 4.80. The first-order valence-electron chi connectivity index (χ1n) is 9.33. The summed E-state index contributed by atoms with van der Waals surface area (Å²) in [5, 5.41) is 11.8. The van der Waals surface area contributed by atoms with Gasteiger partial charge in [-0.3, -0.25) is 4.79 Å². The monoisotopic (exact) mass is 430 g/mol. The molecule has 0 atom stereocenters. The van der Waals surface area contributed by atoms with Crippen LogP contribution in [-0.2, 0) is 0 Å². The molecule has 0 aromatic carbocycles.